The Kier molecular flexibility index (Phi) is 6.39. The van der Waals surface area contributed by atoms with Crippen LogP contribution in [0.2, 0.25) is 5.02 Å². The van der Waals surface area contributed by atoms with Crippen molar-refractivity contribution >= 4 is 35.0 Å². The lowest BCUT2D eigenvalue weighted by molar-refractivity contribution is -0.123. The first-order chi connectivity index (χ1) is 14.7. The predicted molar refractivity (Wildman–Crippen MR) is 125 cm³/mol. The number of hydrogen-bond donors (Lipinski definition) is 0. The minimum absolute atomic E-state index is 0.0190. The van der Waals surface area contributed by atoms with Gasteiger partial charge in [-0.05, 0) is 81.5 Å². The molecule has 0 aromatic heterocycles. The van der Waals surface area contributed by atoms with Crippen LogP contribution in [-0.2, 0) is 14.3 Å². The third kappa shape index (κ3) is 4.64. The number of thioether (sulfide) groups is 1. The largest absolute Gasteiger partial charge is 0.381 e. The number of anilines is 1. The minimum Gasteiger partial charge on any atom is -0.381 e. The molecule has 1 saturated carbocycles. The lowest BCUT2D eigenvalue weighted by Gasteiger charge is -2.38. The maximum atomic E-state index is 15.5. The molecular weight excluding hydrogens is 433 g/mol. The fourth-order valence-electron chi connectivity index (χ4n) is 4.18. The first kappa shape index (κ1) is 22.6. The van der Waals surface area contributed by atoms with Crippen LogP contribution in [-0.4, -0.2) is 25.2 Å². The summed E-state index contributed by atoms with van der Waals surface area (Å²) in [4.78, 5) is 15.8. The van der Waals surface area contributed by atoms with E-state index >= 15 is 4.39 Å². The molecule has 1 heterocycles. The Morgan fingerprint density at radius 1 is 1.10 bits per heavy atom. The quantitative estimate of drug-likeness (QED) is 0.472. The maximum Gasteiger partial charge on any atom is 0.233 e. The van der Waals surface area contributed by atoms with Gasteiger partial charge in [0.1, 0.15) is 5.82 Å². The van der Waals surface area contributed by atoms with Gasteiger partial charge in [0.15, 0.2) is 0 Å². The summed E-state index contributed by atoms with van der Waals surface area (Å²) in [6.07, 6.45) is 3.33. The second kappa shape index (κ2) is 8.76. The fourth-order valence-corrected chi connectivity index (χ4v) is 5.64. The van der Waals surface area contributed by atoms with Crippen LogP contribution in [0.5, 0.6) is 0 Å². The van der Waals surface area contributed by atoms with Crippen LogP contribution in [0.4, 0.5) is 10.1 Å². The molecule has 0 atom stereocenters. The van der Waals surface area contributed by atoms with Gasteiger partial charge in [-0.15, -0.1) is 11.8 Å². The maximum absolute atomic E-state index is 15.5. The van der Waals surface area contributed by atoms with Gasteiger partial charge in [0.05, 0.1) is 5.69 Å². The molecule has 2 aromatic carbocycles. The molecular formula is C25H29ClFNO2S. The van der Waals surface area contributed by atoms with Crippen molar-refractivity contribution in [1.82, 2.24) is 0 Å². The van der Waals surface area contributed by atoms with E-state index in [1.807, 2.05) is 51.1 Å². The van der Waals surface area contributed by atoms with Crippen LogP contribution in [0.15, 0.2) is 47.4 Å². The Morgan fingerprint density at radius 3 is 2.29 bits per heavy atom. The topological polar surface area (TPSA) is 29.5 Å². The number of benzene rings is 2. The van der Waals surface area contributed by atoms with Crippen molar-refractivity contribution in [3.63, 3.8) is 0 Å². The zero-order valence-corrected chi connectivity index (χ0v) is 19.9. The van der Waals surface area contributed by atoms with Crippen molar-refractivity contribution in [3.8, 4) is 0 Å². The van der Waals surface area contributed by atoms with Gasteiger partial charge >= 0.3 is 0 Å². The van der Waals surface area contributed by atoms with Gasteiger partial charge in [0, 0.05) is 39.3 Å². The first-order valence-electron chi connectivity index (χ1n) is 10.9. The Labute approximate surface area is 193 Å². The van der Waals surface area contributed by atoms with E-state index in [0.717, 1.165) is 36.1 Å². The molecule has 31 heavy (non-hydrogen) atoms. The Balaban J connectivity index is 1.68. The summed E-state index contributed by atoms with van der Waals surface area (Å²) in [6.45, 7) is 7.12. The van der Waals surface area contributed by atoms with Crippen LogP contribution >= 0.6 is 23.4 Å². The molecule has 1 saturated heterocycles. The van der Waals surface area contributed by atoms with Gasteiger partial charge in [-0.3, -0.25) is 4.79 Å². The molecule has 0 radical (unpaired) electrons. The Bertz CT molecular complexity index is 952. The monoisotopic (exact) mass is 461 g/mol. The van der Waals surface area contributed by atoms with Crippen LogP contribution in [0.3, 0.4) is 0 Å². The number of carbonyl (C=O) groups excluding carboxylic acids is 1. The Hall–Kier alpha value is -1.56. The third-order valence-corrected chi connectivity index (χ3v) is 8.21. The van der Waals surface area contributed by atoms with Gasteiger partial charge in [-0.1, -0.05) is 24.6 Å². The van der Waals surface area contributed by atoms with Crippen LogP contribution in [0, 0.1) is 11.2 Å². The van der Waals surface area contributed by atoms with Crippen LogP contribution < -0.4 is 4.90 Å². The fraction of sp³-hybridized carbons (Fsp3) is 0.480. The molecule has 0 bridgehead atoms. The molecule has 2 aromatic rings. The Morgan fingerprint density at radius 2 is 1.74 bits per heavy atom. The predicted octanol–water partition coefficient (Wildman–Crippen LogP) is 6.82. The molecule has 166 valence electrons. The summed E-state index contributed by atoms with van der Waals surface area (Å²) in [5, 5.41) is 0.698. The number of amides is 1. The number of hydrogen-bond acceptors (Lipinski definition) is 3. The van der Waals surface area contributed by atoms with E-state index in [0.29, 0.717) is 23.9 Å². The molecule has 0 spiro atoms. The van der Waals surface area contributed by atoms with Crippen molar-refractivity contribution in [3.05, 3.63) is 58.9 Å². The number of rotatable bonds is 6. The van der Waals surface area contributed by atoms with E-state index < -0.39 is 0 Å². The number of ether oxygens (including phenoxy) is 1. The van der Waals surface area contributed by atoms with Gasteiger partial charge in [0.25, 0.3) is 0 Å². The minimum atomic E-state index is -0.345. The van der Waals surface area contributed by atoms with Crippen molar-refractivity contribution in [2.45, 2.75) is 62.1 Å². The van der Waals surface area contributed by atoms with Crippen LogP contribution in [0.25, 0.3) is 0 Å². The molecule has 1 aliphatic heterocycles. The summed E-state index contributed by atoms with van der Waals surface area (Å²) >= 11 is 7.79. The number of nitrogens with zero attached hydrogens (tertiary/aromatic N) is 1. The molecule has 1 amide bonds. The standard InChI is InChI=1S/C25H29ClFNO2S/c1-17(2)28(23(29)24(3)10-11-24)22-9-4-18(16-21(22)27)25(12-14-30-15-13-25)31-20-7-5-19(26)6-8-20/h4-9,16-17H,10-15H2,1-3H3. The molecule has 3 nitrogen and oxygen atoms in total. The summed E-state index contributed by atoms with van der Waals surface area (Å²) in [5.74, 6) is -0.322. The van der Waals surface area contributed by atoms with Gasteiger partial charge in [0.2, 0.25) is 5.91 Å². The molecule has 2 aliphatic rings. The summed E-state index contributed by atoms with van der Waals surface area (Å²) in [7, 11) is 0. The number of halogens is 2. The molecule has 6 heteroatoms. The molecule has 2 fully saturated rings. The highest BCUT2D eigenvalue weighted by atomic mass is 35.5. The molecule has 4 rings (SSSR count). The van der Waals surface area contributed by atoms with Crippen LogP contribution in [0.1, 0.15) is 52.0 Å². The zero-order valence-electron chi connectivity index (χ0n) is 18.3. The third-order valence-electron chi connectivity index (χ3n) is 6.41. The summed E-state index contributed by atoms with van der Waals surface area (Å²) < 4.78 is 20.8. The summed E-state index contributed by atoms with van der Waals surface area (Å²) in [6, 6.07) is 13.1. The second-order valence-electron chi connectivity index (χ2n) is 9.16. The average molecular weight is 462 g/mol. The molecule has 0 unspecified atom stereocenters. The van der Waals surface area contributed by atoms with Crippen molar-refractivity contribution in [2.75, 3.05) is 18.1 Å². The highest BCUT2D eigenvalue weighted by Crippen LogP contribution is 2.50. The lowest BCUT2D eigenvalue weighted by Crippen LogP contribution is -2.42. The lowest BCUT2D eigenvalue weighted by atomic mass is 9.90. The highest BCUT2D eigenvalue weighted by Gasteiger charge is 2.48. The van der Waals surface area contributed by atoms with E-state index in [2.05, 4.69) is 0 Å². The SMILES string of the molecule is CC(C)N(C(=O)C1(C)CC1)c1ccc(C2(Sc3ccc(Cl)cc3)CCOCC2)cc1F. The normalized spacial score (nSPS) is 19.3. The average Bonchev–Trinajstić information content (AvgIpc) is 3.50. The van der Waals surface area contributed by atoms with E-state index in [1.165, 1.54) is 0 Å². The van der Waals surface area contributed by atoms with Crippen molar-refractivity contribution in [1.29, 1.82) is 0 Å². The highest BCUT2D eigenvalue weighted by molar-refractivity contribution is 8.00. The number of carbonyl (C=O) groups is 1. The zero-order chi connectivity index (χ0) is 22.2. The van der Waals surface area contributed by atoms with E-state index in [9.17, 15) is 4.79 Å². The smallest absolute Gasteiger partial charge is 0.233 e. The molecule has 1 aliphatic carbocycles. The van der Waals surface area contributed by atoms with E-state index in [4.69, 9.17) is 16.3 Å². The van der Waals surface area contributed by atoms with Gasteiger partial charge in [-0.2, -0.15) is 0 Å². The second-order valence-corrected chi connectivity index (χ2v) is 11.1. The summed E-state index contributed by atoms with van der Waals surface area (Å²) in [5.41, 5.74) is 0.961. The van der Waals surface area contributed by atoms with E-state index in [-0.39, 0.29) is 27.9 Å². The van der Waals surface area contributed by atoms with Gasteiger partial charge in [-0.25, -0.2) is 4.39 Å². The van der Waals surface area contributed by atoms with E-state index in [1.54, 1.807) is 28.8 Å². The van der Waals surface area contributed by atoms with Crippen molar-refractivity contribution < 1.29 is 13.9 Å². The van der Waals surface area contributed by atoms with Crippen molar-refractivity contribution in [2.24, 2.45) is 5.41 Å². The first-order valence-corrected chi connectivity index (χ1v) is 12.1. The molecule has 0 N–H and O–H groups in total. The van der Waals surface area contributed by atoms with Gasteiger partial charge < -0.3 is 9.64 Å².